The average Bonchev–Trinajstić information content (AvgIpc) is 2.61. The summed E-state index contributed by atoms with van der Waals surface area (Å²) in [5, 5.41) is 2.52. The second-order valence-corrected chi connectivity index (χ2v) is 5.86. The Labute approximate surface area is 156 Å². The van der Waals surface area contributed by atoms with Crippen LogP contribution in [0.1, 0.15) is 31.4 Å². The maximum Gasteiger partial charge on any atom is 0.416 e. The molecule has 0 aromatic heterocycles. The number of carbonyl (C=O) groups excluding carboxylic acids is 1. The number of benzene rings is 2. The van der Waals surface area contributed by atoms with Crippen molar-refractivity contribution in [2.24, 2.45) is 0 Å². The third-order valence-corrected chi connectivity index (χ3v) is 3.64. The fourth-order valence-electron chi connectivity index (χ4n) is 2.39. The summed E-state index contributed by atoms with van der Waals surface area (Å²) in [5.74, 6) is 0.472. The number of anilines is 1. The summed E-state index contributed by atoms with van der Waals surface area (Å²) in [7, 11) is 0. The molecular formula is C20H22F3NO3. The summed E-state index contributed by atoms with van der Waals surface area (Å²) in [6.45, 7) is 4.63. The normalized spacial score (nSPS) is 11.1. The molecule has 0 spiro atoms. The summed E-state index contributed by atoms with van der Waals surface area (Å²) in [5.41, 5.74) is -0.115. The first-order chi connectivity index (χ1) is 12.8. The molecule has 0 fully saturated rings. The predicted octanol–water partition coefficient (Wildman–Crippen LogP) is 5.07. The van der Waals surface area contributed by atoms with E-state index in [-0.39, 0.29) is 17.9 Å². The van der Waals surface area contributed by atoms with E-state index >= 15 is 0 Å². The molecular weight excluding hydrogens is 359 g/mol. The van der Waals surface area contributed by atoms with Gasteiger partial charge >= 0.3 is 6.18 Å². The van der Waals surface area contributed by atoms with Crippen molar-refractivity contribution in [2.45, 2.75) is 32.9 Å². The topological polar surface area (TPSA) is 47.6 Å². The van der Waals surface area contributed by atoms with Crippen LogP contribution in [0.15, 0.2) is 42.5 Å². The molecule has 0 saturated heterocycles. The van der Waals surface area contributed by atoms with Crippen LogP contribution in [-0.2, 0) is 17.4 Å². The quantitative estimate of drug-likeness (QED) is 0.694. The van der Waals surface area contributed by atoms with Gasteiger partial charge in [0, 0.05) is 0 Å². The minimum atomic E-state index is -4.50. The minimum absolute atomic E-state index is 0.00853. The van der Waals surface area contributed by atoms with Gasteiger partial charge in [-0.3, -0.25) is 4.79 Å². The second-order valence-electron chi connectivity index (χ2n) is 5.86. The Hall–Kier alpha value is -2.70. The Morgan fingerprint density at radius 1 is 1.04 bits per heavy atom. The van der Waals surface area contributed by atoms with Gasteiger partial charge in [0.1, 0.15) is 11.5 Å². The zero-order valence-corrected chi connectivity index (χ0v) is 15.2. The summed E-state index contributed by atoms with van der Waals surface area (Å²) < 4.78 is 49.7. The van der Waals surface area contributed by atoms with E-state index in [4.69, 9.17) is 9.47 Å². The zero-order chi connectivity index (χ0) is 19.9. The van der Waals surface area contributed by atoms with E-state index < -0.39 is 17.6 Å². The molecule has 2 aromatic carbocycles. The molecule has 2 rings (SSSR count). The van der Waals surface area contributed by atoms with Crippen molar-refractivity contribution in [3.05, 3.63) is 53.6 Å². The molecule has 4 nitrogen and oxygen atoms in total. The smallest absolute Gasteiger partial charge is 0.416 e. The number of rotatable bonds is 8. The molecule has 0 bridgehead atoms. The lowest BCUT2D eigenvalue weighted by Crippen LogP contribution is -2.16. The van der Waals surface area contributed by atoms with E-state index in [1.807, 2.05) is 13.8 Å². The van der Waals surface area contributed by atoms with Crippen LogP contribution < -0.4 is 14.8 Å². The zero-order valence-electron chi connectivity index (χ0n) is 15.2. The number of halogens is 3. The second kappa shape index (κ2) is 9.30. The molecule has 1 N–H and O–H groups in total. The van der Waals surface area contributed by atoms with E-state index in [0.717, 1.165) is 17.7 Å². The van der Waals surface area contributed by atoms with Gasteiger partial charge in [0.25, 0.3) is 0 Å². The van der Waals surface area contributed by atoms with Gasteiger partial charge in [-0.25, -0.2) is 0 Å². The number of alkyl halides is 3. The van der Waals surface area contributed by atoms with E-state index in [2.05, 4.69) is 5.32 Å². The van der Waals surface area contributed by atoms with E-state index in [9.17, 15) is 18.0 Å². The summed E-state index contributed by atoms with van der Waals surface area (Å²) in [6.07, 6.45) is -3.78. The molecule has 0 radical (unpaired) electrons. The number of ether oxygens (including phenoxy) is 2. The largest absolute Gasteiger partial charge is 0.494 e. The molecule has 7 heteroatoms. The van der Waals surface area contributed by atoms with Crippen molar-refractivity contribution >= 4 is 11.6 Å². The first-order valence-corrected chi connectivity index (χ1v) is 8.69. The molecule has 2 aromatic rings. The first-order valence-electron chi connectivity index (χ1n) is 8.69. The van der Waals surface area contributed by atoms with Crippen LogP contribution in [-0.4, -0.2) is 19.1 Å². The van der Waals surface area contributed by atoms with Crippen LogP contribution in [0.3, 0.4) is 0 Å². The Balaban J connectivity index is 2.14. The van der Waals surface area contributed by atoms with Gasteiger partial charge in [0.05, 0.1) is 30.9 Å². The highest BCUT2D eigenvalue weighted by Crippen LogP contribution is 2.35. The van der Waals surface area contributed by atoms with Crippen molar-refractivity contribution in [3.8, 4) is 11.5 Å². The minimum Gasteiger partial charge on any atom is -0.494 e. The van der Waals surface area contributed by atoms with Crippen LogP contribution in [0.25, 0.3) is 0 Å². The van der Waals surface area contributed by atoms with Gasteiger partial charge in [0.15, 0.2) is 0 Å². The molecule has 0 aliphatic carbocycles. The fraction of sp³-hybridized carbons (Fsp3) is 0.350. The molecule has 0 aliphatic rings. The Morgan fingerprint density at radius 3 is 2.33 bits per heavy atom. The standard InChI is InChI=1S/C20H22F3NO3/c1-3-11-27-18-10-7-15(20(21,22)23)13-17(18)24-19(25)12-14-5-8-16(9-6-14)26-4-2/h5-10,13H,3-4,11-12H2,1-2H3,(H,24,25). The molecule has 27 heavy (non-hydrogen) atoms. The van der Waals surface area contributed by atoms with Gasteiger partial charge in [0.2, 0.25) is 5.91 Å². The maximum absolute atomic E-state index is 13.0. The molecule has 0 unspecified atom stereocenters. The van der Waals surface area contributed by atoms with Crippen LogP contribution in [0, 0.1) is 0 Å². The van der Waals surface area contributed by atoms with Gasteiger partial charge in [-0.15, -0.1) is 0 Å². The molecule has 0 heterocycles. The van der Waals surface area contributed by atoms with E-state index in [0.29, 0.717) is 25.4 Å². The lowest BCUT2D eigenvalue weighted by Gasteiger charge is -2.15. The number of amides is 1. The highest BCUT2D eigenvalue weighted by Gasteiger charge is 2.31. The summed E-state index contributed by atoms with van der Waals surface area (Å²) >= 11 is 0. The van der Waals surface area contributed by atoms with Crippen LogP contribution in [0.5, 0.6) is 11.5 Å². The lowest BCUT2D eigenvalue weighted by molar-refractivity contribution is -0.137. The predicted molar refractivity (Wildman–Crippen MR) is 97.2 cm³/mol. The third-order valence-electron chi connectivity index (χ3n) is 3.64. The monoisotopic (exact) mass is 381 g/mol. The molecule has 0 saturated carbocycles. The molecule has 0 aliphatic heterocycles. The lowest BCUT2D eigenvalue weighted by atomic mass is 10.1. The maximum atomic E-state index is 13.0. The van der Waals surface area contributed by atoms with Gasteiger partial charge in [-0.2, -0.15) is 13.2 Å². The van der Waals surface area contributed by atoms with Crippen molar-refractivity contribution in [1.29, 1.82) is 0 Å². The SMILES string of the molecule is CCCOc1ccc(C(F)(F)F)cc1NC(=O)Cc1ccc(OCC)cc1. The van der Waals surface area contributed by atoms with Crippen molar-refractivity contribution in [3.63, 3.8) is 0 Å². The first kappa shape index (κ1) is 20.6. The third kappa shape index (κ3) is 6.20. The Morgan fingerprint density at radius 2 is 1.74 bits per heavy atom. The van der Waals surface area contributed by atoms with Crippen molar-refractivity contribution < 1.29 is 27.4 Å². The average molecular weight is 381 g/mol. The van der Waals surface area contributed by atoms with Crippen molar-refractivity contribution in [1.82, 2.24) is 0 Å². The van der Waals surface area contributed by atoms with Crippen molar-refractivity contribution in [2.75, 3.05) is 18.5 Å². The van der Waals surface area contributed by atoms with E-state index in [1.54, 1.807) is 24.3 Å². The Bertz CT molecular complexity index is 758. The molecule has 146 valence electrons. The van der Waals surface area contributed by atoms with Crippen LogP contribution in [0.4, 0.5) is 18.9 Å². The summed E-state index contributed by atoms with van der Waals surface area (Å²) in [6, 6.07) is 10.0. The molecule has 1 amide bonds. The van der Waals surface area contributed by atoms with Crippen LogP contribution in [0.2, 0.25) is 0 Å². The van der Waals surface area contributed by atoms with Gasteiger partial charge in [-0.1, -0.05) is 19.1 Å². The number of nitrogens with one attached hydrogen (secondary N) is 1. The number of hydrogen-bond donors (Lipinski definition) is 1. The highest BCUT2D eigenvalue weighted by atomic mass is 19.4. The van der Waals surface area contributed by atoms with Gasteiger partial charge in [-0.05, 0) is 49.2 Å². The molecule has 0 atom stereocenters. The van der Waals surface area contributed by atoms with Crippen LogP contribution >= 0.6 is 0 Å². The highest BCUT2D eigenvalue weighted by molar-refractivity contribution is 5.93. The van der Waals surface area contributed by atoms with E-state index in [1.165, 1.54) is 6.07 Å². The van der Waals surface area contributed by atoms with Gasteiger partial charge < -0.3 is 14.8 Å². The Kier molecular flexibility index (Phi) is 7.10. The summed E-state index contributed by atoms with van der Waals surface area (Å²) in [4.78, 5) is 12.3. The fourth-order valence-corrected chi connectivity index (χ4v) is 2.39. The number of hydrogen-bond acceptors (Lipinski definition) is 3. The number of carbonyl (C=O) groups is 1.